The summed E-state index contributed by atoms with van der Waals surface area (Å²) in [7, 11) is 0. The van der Waals surface area contributed by atoms with E-state index in [1.807, 2.05) is 0 Å². The Morgan fingerprint density at radius 1 is 1.27 bits per heavy atom. The number of carbonyl (C=O) groups excluding carboxylic acids is 2. The van der Waals surface area contributed by atoms with Crippen LogP contribution in [0.3, 0.4) is 0 Å². The van der Waals surface area contributed by atoms with Gasteiger partial charge in [-0.05, 0) is 18.8 Å². The maximum atomic E-state index is 12.6. The molecule has 2 aliphatic rings. The van der Waals surface area contributed by atoms with E-state index in [9.17, 15) is 19.5 Å². The highest BCUT2D eigenvalue weighted by atomic mass is 16.4. The number of nitrogens with two attached hydrogens (primary N) is 1. The second-order valence-corrected chi connectivity index (χ2v) is 5.85. The topological polar surface area (TPSA) is 126 Å². The highest BCUT2D eigenvalue weighted by Crippen LogP contribution is 2.49. The first-order chi connectivity index (χ1) is 10.5. The van der Waals surface area contributed by atoms with E-state index in [0.717, 1.165) is 12.8 Å². The first kappa shape index (κ1) is 14.4. The molecule has 0 aromatic carbocycles. The average Bonchev–Trinajstić information content (AvgIpc) is 3.04. The lowest BCUT2D eigenvalue weighted by molar-refractivity contribution is -0.149. The van der Waals surface area contributed by atoms with E-state index in [2.05, 4.69) is 9.97 Å². The van der Waals surface area contributed by atoms with Crippen LogP contribution in [0.2, 0.25) is 0 Å². The summed E-state index contributed by atoms with van der Waals surface area (Å²) < 4.78 is 0. The molecule has 1 aliphatic heterocycles. The van der Waals surface area contributed by atoms with Crippen LogP contribution in [0.1, 0.15) is 40.2 Å². The molecule has 8 nitrogen and oxygen atoms in total. The van der Waals surface area contributed by atoms with Crippen molar-refractivity contribution in [2.45, 2.75) is 19.3 Å². The largest absolute Gasteiger partial charge is 0.481 e. The second-order valence-electron chi connectivity index (χ2n) is 5.85. The van der Waals surface area contributed by atoms with Crippen molar-refractivity contribution in [3.63, 3.8) is 0 Å². The third-order valence-corrected chi connectivity index (χ3v) is 4.72. The molecule has 0 bridgehead atoms. The van der Waals surface area contributed by atoms with Gasteiger partial charge in [-0.2, -0.15) is 0 Å². The Labute approximate surface area is 126 Å². The van der Waals surface area contributed by atoms with Crippen LogP contribution >= 0.6 is 0 Å². The molecule has 0 radical (unpaired) electrons. The molecule has 1 saturated heterocycles. The van der Waals surface area contributed by atoms with E-state index >= 15 is 0 Å². The van der Waals surface area contributed by atoms with Crippen LogP contribution in [-0.2, 0) is 4.79 Å². The molecule has 0 spiro atoms. The number of hydrogen-bond acceptors (Lipinski definition) is 5. The monoisotopic (exact) mass is 304 g/mol. The minimum absolute atomic E-state index is 0.0531. The number of carboxylic acids is 1. The number of rotatable bonds is 3. The van der Waals surface area contributed by atoms with Crippen molar-refractivity contribution in [3.05, 3.63) is 23.8 Å². The maximum absolute atomic E-state index is 12.6. The number of carboxylic acid groups (broad SMARTS) is 1. The summed E-state index contributed by atoms with van der Waals surface area (Å²) >= 11 is 0. The Morgan fingerprint density at radius 3 is 2.55 bits per heavy atom. The first-order valence-corrected chi connectivity index (χ1v) is 7.09. The van der Waals surface area contributed by atoms with Gasteiger partial charge in [0.15, 0.2) is 11.4 Å². The molecule has 0 unspecified atom stereocenters. The number of hydrogen-bond donors (Lipinski definition) is 2. The molecule has 2 amide bonds. The van der Waals surface area contributed by atoms with Gasteiger partial charge in [-0.3, -0.25) is 14.4 Å². The van der Waals surface area contributed by atoms with Gasteiger partial charge in [0.2, 0.25) is 0 Å². The molecule has 2 fully saturated rings. The Hall–Kier alpha value is -2.51. The lowest BCUT2D eigenvalue weighted by atomic mass is 9.81. The average molecular weight is 304 g/mol. The number of aromatic nitrogens is 2. The normalized spacial score (nSPS) is 26.7. The zero-order valence-corrected chi connectivity index (χ0v) is 11.9. The number of likely N-dealkylation sites (tertiary alicyclic amines) is 1. The summed E-state index contributed by atoms with van der Waals surface area (Å²) in [6.45, 7) is 0.501. The van der Waals surface area contributed by atoms with Crippen molar-refractivity contribution in [2.75, 3.05) is 13.1 Å². The molecular formula is C14H16N4O4. The predicted octanol–water partition coefficient (Wildman–Crippen LogP) is -0.0976. The van der Waals surface area contributed by atoms with Crippen molar-refractivity contribution < 1.29 is 19.5 Å². The zero-order valence-electron chi connectivity index (χ0n) is 11.9. The van der Waals surface area contributed by atoms with Crippen LogP contribution in [0.4, 0.5) is 0 Å². The summed E-state index contributed by atoms with van der Waals surface area (Å²) in [4.78, 5) is 44.8. The molecule has 2 heterocycles. The van der Waals surface area contributed by atoms with Gasteiger partial charge >= 0.3 is 5.97 Å². The maximum Gasteiger partial charge on any atom is 0.311 e. The lowest BCUT2D eigenvalue weighted by Gasteiger charge is -2.23. The standard InChI is InChI=1S/C14H16N4O4/c15-11(19)9-10(17-5-4-16-9)12(20)18-6-8-2-1-3-14(8,7-18)13(21)22/h4-5,8H,1-3,6-7H2,(H2,15,19)(H,21,22)/t8-,14+/m0/s1. The van der Waals surface area contributed by atoms with Gasteiger partial charge < -0.3 is 15.7 Å². The molecule has 1 aliphatic carbocycles. The number of nitrogens with zero attached hydrogens (tertiary/aromatic N) is 3. The van der Waals surface area contributed by atoms with Crippen LogP contribution < -0.4 is 5.73 Å². The van der Waals surface area contributed by atoms with E-state index in [1.165, 1.54) is 17.3 Å². The molecule has 22 heavy (non-hydrogen) atoms. The highest BCUT2D eigenvalue weighted by Gasteiger charge is 2.56. The number of primary amides is 1. The van der Waals surface area contributed by atoms with E-state index in [0.29, 0.717) is 13.0 Å². The van der Waals surface area contributed by atoms with E-state index in [4.69, 9.17) is 5.73 Å². The summed E-state index contributed by atoms with van der Waals surface area (Å²) in [6.07, 6.45) is 4.81. The molecule has 1 aromatic heterocycles. The van der Waals surface area contributed by atoms with Crippen LogP contribution in [-0.4, -0.2) is 50.8 Å². The second kappa shape index (κ2) is 5.04. The molecule has 2 atom stereocenters. The minimum atomic E-state index is -0.870. The van der Waals surface area contributed by atoms with Gasteiger partial charge in [0, 0.05) is 25.5 Å². The first-order valence-electron chi connectivity index (χ1n) is 7.09. The Morgan fingerprint density at radius 2 is 1.95 bits per heavy atom. The van der Waals surface area contributed by atoms with Gasteiger partial charge in [0.25, 0.3) is 11.8 Å². The van der Waals surface area contributed by atoms with Crippen molar-refractivity contribution >= 4 is 17.8 Å². The van der Waals surface area contributed by atoms with E-state index in [1.54, 1.807) is 0 Å². The fourth-order valence-corrected chi connectivity index (χ4v) is 3.62. The predicted molar refractivity (Wildman–Crippen MR) is 73.9 cm³/mol. The third kappa shape index (κ3) is 2.02. The molecule has 3 rings (SSSR count). The SMILES string of the molecule is NC(=O)c1nccnc1C(=O)N1C[C@@H]2CCC[C@@]2(C(=O)O)C1. The Balaban J connectivity index is 1.89. The van der Waals surface area contributed by atoms with Crippen LogP contribution in [0.25, 0.3) is 0 Å². The lowest BCUT2D eigenvalue weighted by Crippen LogP contribution is -2.38. The fourth-order valence-electron chi connectivity index (χ4n) is 3.62. The molecule has 3 N–H and O–H groups in total. The fraction of sp³-hybridized carbons (Fsp3) is 0.500. The van der Waals surface area contributed by atoms with Gasteiger partial charge in [0.1, 0.15) is 0 Å². The van der Waals surface area contributed by atoms with Crippen molar-refractivity contribution in [1.29, 1.82) is 0 Å². The van der Waals surface area contributed by atoms with Crippen LogP contribution in [0, 0.1) is 11.3 Å². The molecular weight excluding hydrogens is 288 g/mol. The number of carbonyl (C=O) groups is 3. The molecule has 8 heteroatoms. The highest BCUT2D eigenvalue weighted by molar-refractivity contribution is 6.04. The van der Waals surface area contributed by atoms with Gasteiger partial charge in [-0.15, -0.1) is 0 Å². The smallest absolute Gasteiger partial charge is 0.311 e. The minimum Gasteiger partial charge on any atom is -0.481 e. The van der Waals surface area contributed by atoms with Crippen molar-refractivity contribution in [3.8, 4) is 0 Å². The van der Waals surface area contributed by atoms with E-state index < -0.39 is 23.2 Å². The van der Waals surface area contributed by atoms with Crippen molar-refractivity contribution in [2.24, 2.45) is 17.1 Å². The van der Waals surface area contributed by atoms with Crippen LogP contribution in [0.15, 0.2) is 12.4 Å². The number of aliphatic carboxylic acids is 1. The molecule has 116 valence electrons. The molecule has 1 saturated carbocycles. The quantitative estimate of drug-likeness (QED) is 0.803. The van der Waals surface area contributed by atoms with Crippen LogP contribution in [0.5, 0.6) is 0 Å². The summed E-state index contributed by atoms with van der Waals surface area (Å²) in [5.41, 5.74) is 4.04. The Kier molecular flexibility index (Phi) is 3.31. The zero-order chi connectivity index (χ0) is 15.9. The van der Waals surface area contributed by atoms with Gasteiger partial charge in [0.05, 0.1) is 5.41 Å². The van der Waals surface area contributed by atoms with Gasteiger partial charge in [-0.25, -0.2) is 9.97 Å². The molecule has 1 aromatic rings. The number of amides is 2. The summed E-state index contributed by atoms with van der Waals surface area (Å²) in [6, 6.07) is 0. The Bertz CT molecular complexity index is 662. The summed E-state index contributed by atoms with van der Waals surface area (Å²) in [5, 5.41) is 9.55. The number of fused-ring (bicyclic) bond motifs is 1. The van der Waals surface area contributed by atoms with Gasteiger partial charge in [-0.1, -0.05) is 6.42 Å². The third-order valence-electron chi connectivity index (χ3n) is 4.72. The van der Waals surface area contributed by atoms with E-state index in [-0.39, 0.29) is 23.9 Å². The summed E-state index contributed by atoms with van der Waals surface area (Å²) in [5.74, 6) is -2.23. The van der Waals surface area contributed by atoms with Crippen molar-refractivity contribution in [1.82, 2.24) is 14.9 Å².